The third-order valence-electron chi connectivity index (χ3n) is 13.3. The van der Waals surface area contributed by atoms with Crippen molar-refractivity contribution in [2.45, 2.75) is 15.2 Å². The van der Waals surface area contributed by atoms with Crippen LogP contribution in [-0.2, 0) is 5.41 Å². The fraction of sp³-hybridized carbons (Fsp3) is 0.0182. The molecule has 270 valence electrons. The van der Waals surface area contributed by atoms with Crippen LogP contribution in [0.2, 0.25) is 0 Å². The summed E-state index contributed by atoms with van der Waals surface area (Å²) >= 11 is 1.90. The Hall–Kier alpha value is -6.65. The predicted octanol–water partition coefficient (Wildman–Crippen LogP) is 11.3. The second-order valence-corrected chi connectivity index (χ2v) is 20.6. The summed E-state index contributed by atoms with van der Waals surface area (Å²) in [7, 11) is -2.67. The SMILES string of the molecule is c1ccc(-c2cccc3c2N(c2ccc4c(c2)[Si]2(c5ccccc5-c5ccccc52)c2ccccc2-4)c2ccccc2C32c3ccccc3Sc3ccccc32)cc1. The lowest BCUT2D eigenvalue weighted by Crippen LogP contribution is -2.70. The molecule has 0 atom stereocenters. The Bertz CT molecular complexity index is 3070. The summed E-state index contributed by atoms with van der Waals surface area (Å²) in [5.41, 5.74) is 16.4. The van der Waals surface area contributed by atoms with E-state index in [2.05, 4.69) is 217 Å². The van der Waals surface area contributed by atoms with Crippen LogP contribution in [0.25, 0.3) is 33.4 Å². The molecular weight excluding hydrogens is 735 g/mol. The molecule has 3 heteroatoms. The molecule has 4 aliphatic heterocycles. The summed E-state index contributed by atoms with van der Waals surface area (Å²) < 4.78 is 0. The summed E-state index contributed by atoms with van der Waals surface area (Å²) in [5.74, 6) is 0. The first-order valence-electron chi connectivity index (χ1n) is 20.2. The number of anilines is 3. The van der Waals surface area contributed by atoms with Crippen LogP contribution in [0.5, 0.6) is 0 Å². The molecule has 0 radical (unpaired) electrons. The molecule has 13 rings (SSSR count). The summed E-state index contributed by atoms with van der Waals surface area (Å²) in [4.78, 5) is 5.23. The maximum atomic E-state index is 2.61. The van der Waals surface area contributed by atoms with Gasteiger partial charge in [-0.1, -0.05) is 194 Å². The molecule has 0 aromatic heterocycles. The van der Waals surface area contributed by atoms with Gasteiger partial charge in [-0.05, 0) is 101 Å². The average Bonchev–Trinajstić information content (AvgIpc) is 3.76. The fourth-order valence-electron chi connectivity index (χ4n) is 11.3. The Morgan fingerprint density at radius 2 is 0.845 bits per heavy atom. The number of nitrogens with zero attached hydrogens (tertiary/aromatic N) is 1. The minimum absolute atomic E-state index is 0.530. The van der Waals surface area contributed by atoms with E-state index in [-0.39, 0.29) is 0 Å². The minimum atomic E-state index is -2.67. The van der Waals surface area contributed by atoms with E-state index in [1.807, 2.05) is 11.8 Å². The molecule has 2 spiro atoms. The molecule has 0 saturated heterocycles. The molecule has 1 nitrogen and oxygen atoms in total. The molecule has 0 amide bonds. The second-order valence-electron chi connectivity index (χ2n) is 15.9. The van der Waals surface area contributed by atoms with E-state index in [4.69, 9.17) is 0 Å². The molecule has 4 aliphatic rings. The summed E-state index contributed by atoms with van der Waals surface area (Å²) in [5, 5.41) is 5.97. The fourth-order valence-corrected chi connectivity index (χ4v) is 18.1. The normalized spacial score (nSPS) is 15.1. The van der Waals surface area contributed by atoms with Crippen molar-refractivity contribution in [2.24, 2.45) is 0 Å². The largest absolute Gasteiger partial charge is 0.309 e. The number of fused-ring (bicyclic) bond motifs is 18. The van der Waals surface area contributed by atoms with Crippen molar-refractivity contribution in [1.29, 1.82) is 0 Å². The first-order valence-corrected chi connectivity index (χ1v) is 23.0. The zero-order chi connectivity index (χ0) is 38.0. The molecule has 0 saturated carbocycles. The Labute approximate surface area is 343 Å². The highest BCUT2D eigenvalue weighted by Gasteiger charge is 2.55. The van der Waals surface area contributed by atoms with Gasteiger partial charge in [0.15, 0.2) is 8.07 Å². The van der Waals surface area contributed by atoms with E-state index < -0.39 is 13.5 Å². The lowest BCUT2D eigenvalue weighted by atomic mass is 9.61. The third-order valence-corrected chi connectivity index (χ3v) is 19.4. The van der Waals surface area contributed by atoms with Crippen LogP contribution in [0.4, 0.5) is 17.1 Å². The van der Waals surface area contributed by atoms with Gasteiger partial charge in [0.1, 0.15) is 0 Å². The number of benzene rings is 9. The first-order chi connectivity index (χ1) is 28.8. The van der Waals surface area contributed by atoms with Crippen LogP contribution in [-0.4, -0.2) is 8.07 Å². The van der Waals surface area contributed by atoms with Crippen molar-refractivity contribution in [3.63, 3.8) is 0 Å². The van der Waals surface area contributed by atoms with Gasteiger partial charge in [-0.25, -0.2) is 0 Å². The van der Waals surface area contributed by atoms with E-state index in [1.165, 1.54) is 103 Å². The van der Waals surface area contributed by atoms with Crippen LogP contribution in [0.15, 0.2) is 222 Å². The van der Waals surface area contributed by atoms with Crippen LogP contribution in [0.3, 0.4) is 0 Å². The summed E-state index contributed by atoms with van der Waals surface area (Å²) in [6.45, 7) is 0. The third kappa shape index (κ3) is 3.97. The van der Waals surface area contributed by atoms with Gasteiger partial charge in [0.2, 0.25) is 0 Å². The smallest absolute Gasteiger partial charge is 0.182 e. The Kier molecular flexibility index (Phi) is 6.68. The highest BCUT2D eigenvalue weighted by atomic mass is 32.2. The maximum Gasteiger partial charge on any atom is 0.182 e. The lowest BCUT2D eigenvalue weighted by Gasteiger charge is -2.49. The van der Waals surface area contributed by atoms with Crippen molar-refractivity contribution in [3.8, 4) is 33.4 Å². The zero-order valence-electron chi connectivity index (χ0n) is 31.6. The van der Waals surface area contributed by atoms with Gasteiger partial charge in [-0.2, -0.15) is 0 Å². The number of hydrogen-bond donors (Lipinski definition) is 0. The van der Waals surface area contributed by atoms with Gasteiger partial charge in [0, 0.05) is 21.0 Å². The number of hydrogen-bond acceptors (Lipinski definition) is 2. The van der Waals surface area contributed by atoms with Crippen molar-refractivity contribution in [2.75, 3.05) is 4.90 Å². The summed E-state index contributed by atoms with van der Waals surface area (Å²) in [6, 6.07) is 80.7. The average molecular weight is 770 g/mol. The Morgan fingerprint density at radius 3 is 1.48 bits per heavy atom. The van der Waals surface area contributed by atoms with Crippen LogP contribution in [0.1, 0.15) is 22.3 Å². The van der Waals surface area contributed by atoms with Crippen molar-refractivity contribution < 1.29 is 0 Å². The van der Waals surface area contributed by atoms with E-state index in [9.17, 15) is 0 Å². The molecule has 9 aromatic carbocycles. The molecule has 0 aliphatic carbocycles. The highest BCUT2D eigenvalue weighted by Crippen LogP contribution is 2.64. The molecule has 4 heterocycles. The predicted molar refractivity (Wildman–Crippen MR) is 244 cm³/mol. The lowest BCUT2D eigenvalue weighted by molar-refractivity contribution is 0.692. The first kappa shape index (κ1) is 32.4. The zero-order valence-corrected chi connectivity index (χ0v) is 33.4. The standard InChI is InChI=1S/C55H35NSSi/c1-2-17-36(18-3-1)38-22-16-26-46-54(38)56(47-27-10-7-23-43(47)55(46)44-24-8-11-28-48(44)57-49-29-12-9-25-45(49)55)37-33-34-42-41-21-6-15-32-52(41)58(53(42)35-37)50-30-13-4-19-39(50)40-20-5-14-31-51(40)58/h1-35H. The van der Waals surface area contributed by atoms with Crippen molar-refractivity contribution in [1.82, 2.24) is 0 Å². The van der Waals surface area contributed by atoms with E-state index in [0.29, 0.717) is 0 Å². The Morgan fingerprint density at radius 1 is 0.362 bits per heavy atom. The van der Waals surface area contributed by atoms with Gasteiger partial charge in [-0.15, -0.1) is 0 Å². The molecule has 9 aromatic rings. The topological polar surface area (TPSA) is 3.24 Å². The molecule has 0 unspecified atom stereocenters. The molecule has 58 heavy (non-hydrogen) atoms. The highest BCUT2D eigenvalue weighted by molar-refractivity contribution is 7.99. The van der Waals surface area contributed by atoms with E-state index in [0.717, 1.165) is 0 Å². The van der Waals surface area contributed by atoms with Gasteiger partial charge in [-0.3, -0.25) is 0 Å². The molecule has 0 bridgehead atoms. The second kappa shape index (κ2) is 11.9. The van der Waals surface area contributed by atoms with E-state index in [1.54, 1.807) is 0 Å². The van der Waals surface area contributed by atoms with Crippen molar-refractivity contribution >= 4 is 57.6 Å². The van der Waals surface area contributed by atoms with Gasteiger partial charge >= 0.3 is 0 Å². The van der Waals surface area contributed by atoms with Crippen LogP contribution < -0.4 is 25.6 Å². The molecule has 0 N–H and O–H groups in total. The van der Waals surface area contributed by atoms with Crippen LogP contribution in [0, 0.1) is 0 Å². The van der Waals surface area contributed by atoms with Crippen LogP contribution >= 0.6 is 11.8 Å². The van der Waals surface area contributed by atoms with Gasteiger partial charge < -0.3 is 4.90 Å². The van der Waals surface area contributed by atoms with E-state index >= 15 is 0 Å². The van der Waals surface area contributed by atoms with Gasteiger partial charge in [0.25, 0.3) is 0 Å². The summed E-state index contributed by atoms with van der Waals surface area (Å²) in [6.07, 6.45) is 0. The maximum absolute atomic E-state index is 2.67. The number of para-hydroxylation sites is 2. The monoisotopic (exact) mass is 769 g/mol. The minimum Gasteiger partial charge on any atom is -0.309 e. The number of rotatable bonds is 2. The Balaban J connectivity index is 1.16. The quantitative estimate of drug-likeness (QED) is 0.161. The molecular formula is C55H35NSSi. The molecule has 0 fully saturated rings. The van der Waals surface area contributed by atoms with Gasteiger partial charge in [0.05, 0.1) is 16.8 Å². The van der Waals surface area contributed by atoms with Crippen molar-refractivity contribution in [3.05, 3.63) is 235 Å².